The molecule has 0 bridgehead atoms. The predicted molar refractivity (Wildman–Crippen MR) is 115 cm³/mol. The summed E-state index contributed by atoms with van der Waals surface area (Å²) >= 11 is 0. The van der Waals surface area contributed by atoms with Gasteiger partial charge in [0.05, 0.1) is 6.10 Å². The van der Waals surface area contributed by atoms with Crippen LogP contribution in [0.2, 0.25) is 0 Å². The molecule has 2 saturated heterocycles. The topological polar surface area (TPSA) is 66.0 Å². The molecule has 3 atom stereocenters. The second-order valence-electron chi connectivity index (χ2n) is 8.66. The molecule has 1 aromatic rings. The molecule has 2 heterocycles. The van der Waals surface area contributed by atoms with Gasteiger partial charge in [0.15, 0.2) is 5.96 Å². The first-order valence-corrected chi connectivity index (χ1v) is 11.2. The molecule has 2 N–H and O–H groups in total. The van der Waals surface area contributed by atoms with Crippen LogP contribution in [0.25, 0.3) is 0 Å². The molecule has 1 amide bonds. The Balaban J connectivity index is 1.29. The Labute approximate surface area is 174 Å². The Kier molecular flexibility index (Phi) is 6.70. The third-order valence-corrected chi connectivity index (χ3v) is 6.64. The minimum Gasteiger partial charge on any atom is -0.376 e. The van der Waals surface area contributed by atoms with Gasteiger partial charge in [-0.1, -0.05) is 25.0 Å². The lowest BCUT2D eigenvalue weighted by Gasteiger charge is -2.22. The van der Waals surface area contributed by atoms with Gasteiger partial charge < -0.3 is 20.3 Å². The predicted octanol–water partition coefficient (Wildman–Crippen LogP) is 2.79. The number of guanidine groups is 1. The van der Waals surface area contributed by atoms with Gasteiger partial charge in [0.1, 0.15) is 0 Å². The number of aliphatic imine (C=N–C) groups is 1. The van der Waals surface area contributed by atoms with Crippen molar-refractivity contribution in [1.82, 2.24) is 15.5 Å². The summed E-state index contributed by atoms with van der Waals surface area (Å²) in [6.45, 7) is 4.31. The number of likely N-dealkylation sites (tertiary alicyclic amines) is 1. The van der Waals surface area contributed by atoms with Crippen LogP contribution in [-0.4, -0.2) is 56.2 Å². The second kappa shape index (κ2) is 9.61. The van der Waals surface area contributed by atoms with E-state index in [0.29, 0.717) is 18.7 Å². The van der Waals surface area contributed by atoms with Crippen LogP contribution < -0.4 is 10.6 Å². The van der Waals surface area contributed by atoms with Gasteiger partial charge in [-0.2, -0.15) is 0 Å². The summed E-state index contributed by atoms with van der Waals surface area (Å²) in [5, 5.41) is 6.51. The first kappa shape index (κ1) is 20.2. The maximum Gasteiger partial charge on any atom is 0.251 e. The van der Waals surface area contributed by atoms with Crippen molar-refractivity contribution in [2.24, 2.45) is 16.8 Å². The van der Waals surface area contributed by atoms with Gasteiger partial charge in [0.2, 0.25) is 0 Å². The molecule has 4 rings (SSSR count). The number of hydrogen-bond acceptors (Lipinski definition) is 3. The van der Waals surface area contributed by atoms with Crippen LogP contribution in [0.4, 0.5) is 0 Å². The standard InChI is InChI=1S/C23H34N4O2/c1-24-23(27-15-19-7-2-3-8-20(19)16-27)26-13-17-6-4-9-18(12-17)22(28)25-14-21-10-5-11-29-21/h4,6,9,12,19-21H,2-3,5,7-8,10-11,13-16H2,1H3,(H,24,26)(H,25,28). The highest BCUT2D eigenvalue weighted by molar-refractivity contribution is 5.94. The van der Waals surface area contributed by atoms with E-state index in [4.69, 9.17) is 4.74 Å². The molecule has 3 fully saturated rings. The Morgan fingerprint density at radius 3 is 2.62 bits per heavy atom. The van der Waals surface area contributed by atoms with E-state index in [2.05, 4.69) is 26.6 Å². The number of benzene rings is 1. The summed E-state index contributed by atoms with van der Waals surface area (Å²) in [4.78, 5) is 19.4. The molecule has 1 aromatic carbocycles. The molecule has 1 saturated carbocycles. The fourth-order valence-corrected chi connectivity index (χ4v) is 5.03. The molecule has 0 radical (unpaired) electrons. The second-order valence-corrected chi connectivity index (χ2v) is 8.66. The van der Waals surface area contributed by atoms with Crippen LogP contribution in [0.5, 0.6) is 0 Å². The molecular weight excluding hydrogens is 364 g/mol. The first-order chi connectivity index (χ1) is 14.2. The number of hydrogen-bond donors (Lipinski definition) is 2. The Bertz CT molecular complexity index is 715. The molecule has 2 aliphatic heterocycles. The number of nitrogens with one attached hydrogen (secondary N) is 2. The lowest BCUT2D eigenvalue weighted by atomic mass is 9.82. The number of carbonyl (C=O) groups excluding carboxylic acids is 1. The Hall–Kier alpha value is -2.08. The molecule has 1 aliphatic carbocycles. The van der Waals surface area contributed by atoms with E-state index in [1.165, 1.54) is 25.7 Å². The molecular formula is C23H34N4O2. The fraction of sp³-hybridized carbons (Fsp3) is 0.652. The van der Waals surface area contributed by atoms with Crippen molar-refractivity contribution in [3.8, 4) is 0 Å². The average Bonchev–Trinajstić information content (AvgIpc) is 3.42. The lowest BCUT2D eigenvalue weighted by Crippen LogP contribution is -2.40. The number of nitrogens with zero attached hydrogens (tertiary/aromatic N) is 2. The minimum atomic E-state index is -0.0321. The van der Waals surface area contributed by atoms with E-state index in [1.807, 2.05) is 25.2 Å². The van der Waals surface area contributed by atoms with E-state index in [1.54, 1.807) is 0 Å². The van der Waals surface area contributed by atoms with E-state index < -0.39 is 0 Å². The van der Waals surface area contributed by atoms with Crippen LogP contribution in [-0.2, 0) is 11.3 Å². The van der Waals surface area contributed by atoms with Crippen molar-refractivity contribution in [2.75, 3.05) is 33.3 Å². The molecule has 29 heavy (non-hydrogen) atoms. The van der Waals surface area contributed by atoms with Crippen LogP contribution in [0.3, 0.4) is 0 Å². The van der Waals surface area contributed by atoms with Gasteiger partial charge in [-0.05, 0) is 55.2 Å². The number of ether oxygens (including phenoxy) is 1. The maximum absolute atomic E-state index is 12.5. The fourth-order valence-electron chi connectivity index (χ4n) is 5.03. The number of carbonyl (C=O) groups is 1. The van der Waals surface area contributed by atoms with E-state index in [-0.39, 0.29) is 12.0 Å². The highest BCUT2D eigenvalue weighted by Gasteiger charge is 2.35. The molecule has 0 aromatic heterocycles. The van der Waals surface area contributed by atoms with Crippen LogP contribution in [0.1, 0.15) is 54.4 Å². The number of fused-ring (bicyclic) bond motifs is 1. The quantitative estimate of drug-likeness (QED) is 0.591. The Morgan fingerprint density at radius 2 is 1.93 bits per heavy atom. The van der Waals surface area contributed by atoms with Crippen molar-refractivity contribution in [1.29, 1.82) is 0 Å². The summed E-state index contributed by atoms with van der Waals surface area (Å²) in [6, 6.07) is 7.84. The molecule has 158 valence electrons. The van der Waals surface area contributed by atoms with Crippen molar-refractivity contribution >= 4 is 11.9 Å². The van der Waals surface area contributed by atoms with Crippen LogP contribution in [0.15, 0.2) is 29.3 Å². The molecule has 6 nitrogen and oxygen atoms in total. The Morgan fingerprint density at radius 1 is 1.14 bits per heavy atom. The molecule has 6 heteroatoms. The van der Waals surface area contributed by atoms with Gasteiger partial charge in [-0.25, -0.2) is 0 Å². The normalized spacial score (nSPS) is 27.0. The van der Waals surface area contributed by atoms with Gasteiger partial charge in [-0.15, -0.1) is 0 Å². The van der Waals surface area contributed by atoms with Gasteiger partial charge >= 0.3 is 0 Å². The zero-order chi connectivity index (χ0) is 20.1. The minimum absolute atomic E-state index is 0.0321. The van der Waals surface area contributed by atoms with Crippen molar-refractivity contribution < 1.29 is 9.53 Å². The van der Waals surface area contributed by atoms with E-state index in [9.17, 15) is 4.79 Å². The smallest absolute Gasteiger partial charge is 0.251 e. The summed E-state index contributed by atoms with van der Waals surface area (Å²) in [7, 11) is 1.86. The maximum atomic E-state index is 12.5. The van der Waals surface area contributed by atoms with Crippen molar-refractivity contribution in [3.05, 3.63) is 35.4 Å². The zero-order valence-corrected chi connectivity index (χ0v) is 17.5. The first-order valence-electron chi connectivity index (χ1n) is 11.2. The molecule has 0 spiro atoms. The third-order valence-electron chi connectivity index (χ3n) is 6.64. The molecule has 3 unspecified atom stereocenters. The monoisotopic (exact) mass is 398 g/mol. The summed E-state index contributed by atoms with van der Waals surface area (Å²) < 4.78 is 5.58. The van der Waals surface area contributed by atoms with Gasteiger partial charge in [0.25, 0.3) is 5.91 Å². The third kappa shape index (κ3) is 5.10. The van der Waals surface area contributed by atoms with Gasteiger partial charge in [-0.3, -0.25) is 9.79 Å². The SMILES string of the molecule is CN=C(NCc1cccc(C(=O)NCC2CCCO2)c1)N1CC2CCCCC2C1. The summed E-state index contributed by atoms with van der Waals surface area (Å²) in [5.41, 5.74) is 1.79. The van der Waals surface area contributed by atoms with Crippen LogP contribution in [0, 0.1) is 11.8 Å². The van der Waals surface area contributed by atoms with E-state index >= 15 is 0 Å². The van der Waals surface area contributed by atoms with Crippen molar-refractivity contribution in [3.63, 3.8) is 0 Å². The highest BCUT2D eigenvalue weighted by atomic mass is 16.5. The van der Waals surface area contributed by atoms with Crippen LogP contribution >= 0.6 is 0 Å². The lowest BCUT2D eigenvalue weighted by molar-refractivity contribution is 0.0857. The average molecular weight is 399 g/mol. The number of rotatable bonds is 5. The number of amides is 1. The summed E-state index contributed by atoms with van der Waals surface area (Å²) in [6.07, 6.45) is 7.76. The van der Waals surface area contributed by atoms with Crippen molar-refractivity contribution in [2.45, 2.75) is 51.2 Å². The largest absolute Gasteiger partial charge is 0.376 e. The molecule has 3 aliphatic rings. The van der Waals surface area contributed by atoms with E-state index in [0.717, 1.165) is 55.9 Å². The summed E-state index contributed by atoms with van der Waals surface area (Å²) in [5.74, 6) is 2.61. The van der Waals surface area contributed by atoms with Gasteiger partial charge in [0, 0.05) is 45.4 Å². The highest BCUT2D eigenvalue weighted by Crippen LogP contribution is 2.35. The zero-order valence-electron chi connectivity index (χ0n) is 17.5.